The zero-order chi connectivity index (χ0) is 35.9. The van der Waals surface area contributed by atoms with E-state index in [1.165, 1.54) is 29.7 Å². The first-order chi connectivity index (χ1) is 24.1. The first-order valence-electron chi connectivity index (χ1n) is 17.1. The third-order valence-electron chi connectivity index (χ3n) is 8.19. The van der Waals surface area contributed by atoms with E-state index in [-0.39, 0.29) is 31.0 Å². The number of rotatable bonds is 9. The molecule has 4 atom stereocenters. The molecule has 48 heavy (non-hydrogen) atoms. The summed E-state index contributed by atoms with van der Waals surface area (Å²) in [6.45, 7) is 10.7. The summed E-state index contributed by atoms with van der Waals surface area (Å²) < 4.78 is 36.0. The van der Waals surface area contributed by atoms with Gasteiger partial charge in [-0.1, -0.05) is 60.4 Å². The molecule has 10 nitrogen and oxygen atoms in total. The fourth-order valence-corrected chi connectivity index (χ4v) is 7.75. The highest BCUT2D eigenvalue weighted by Crippen LogP contribution is 2.49. The Morgan fingerprint density at radius 1 is 1.10 bits per heavy atom. The Balaban J connectivity index is 0.00000156. The lowest BCUT2D eigenvalue weighted by molar-refractivity contribution is -0.00778. The standard InChI is InChI=1S/C36H39N4O5P.CH4O/c1-7-37-21-43-46(40(22(2)3)23(4)5)45-31-19-32(44-24(31)6)39-20-29(35(41)38-36(39)42)16-12-25-11-13-28-15-14-26-9-8-10-27-17-18-30(25)34(28)33(26)27;1-2/h8-11,13-15,17-18,20-24,31-32H,7,19H2,1-6H3,(H,38,41,42);2H,1H3/t24-,31-,32-,46?;/m1./s1/i6D;2T. The summed E-state index contributed by atoms with van der Waals surface area (Å²) in [6.07, 6.45) is 1.26. The van der Waals surface area contributed by atoms with Gasteiger partial charge in [0.05, 0.1) is 12.2 Å². The van der Waals surface area contributed by atoms with Crippen LogP contribution in [0, 0.1) is 11.8 Å². The number of benzene rings is 4. The monoisotopic (exact) mass is 673 g/mol. The maximum atomic E-state index is 13.1. The van der Waals surface area contributed by atoms with Crippen LogP contribution in [0.2, 0.25) is 0 Å². The molecule has 0 aliphatic carbocycles. The molecule has 1 aromatic heterocycles. The Labute approximate surface area is 284 Å². The molecule has 0 spiro atoms. The number of hydrogen-bond acceptors (Lipinski definition) is 8. The van der Waals surface area contributed by atoms with E-state index in [4.69, 9.17) is 16.6 Å². The number of aliphatic hydroxyl groups excluding tert-OH is 1. The second-order valence-electron chi connectivity index (χ2n) is 12.0. The van der Waals surface area contributed by atoms with E-state index in [0.717, 1.165) is 32.5 Å². The van der Waals surface area contributed by atoms with Crippen LogP contribution in [0.1, 0.15) is 66.7 Å². The van der Waals surface area contributed by atoms with Gasteiger partial charge >= 0.3 is 14.2 Å². The van der Waals surface area contributed by atoms with Crippen molar-refractivity contribution >= 4 is 47.2 Å². The van der Waals surface area contributed by atoms with Gasteiger partial charge in [-0.2, -0.15) is 0 Å². The average Bonchev–Trinajstić information content (AvgIpc) is 3.49. The van der Waals surface area contributed by atoms with Crippen LogP contribution >= 0.6 is 8.53 Å². The van der Waals surface area contributed by atoms with Gasteiger partial charge in [0.25, 0.3) is 5.56 Å². The van der Waals surface area contributed by atoms with Crippen LogP contribution in [-0.2, 0) is 13.8 Å². The van der Waals surface area contributed by atoms with Crippen LogP contribution in [0.15, 0.2) is 75.4 Å². The third kappa shape index (κ3) is 7.17. The van der Waals surface area contributed by atoms with Crippen molar-refractivity contribution in [3.05, 3.63) is 92.8 Å². The first-order valence-corrected chi connectivity index (χ1v) is 17.1. The molecule has 6 rings (SSSR count). The molecule has 252 valence electrons. The van der Waals surface area contributed by atoms with Crippen molar-refractivity contribution in [3.63, 3.8) is 0 Å². The fourth-order valence-electron chi connectivity index (χ4n) is 6.12. The molecule has 1 fully saturated rings. The number of nitrogens with one attached hydrogen (secondary N) is 1. The van der Waals surface area contributed by atoms with Crippen LogP contribution in [0.4, 0.5) is 0 Å². The van der Waals surface area contributed by atoms with E-state index in [0.29, 0.717) is 6.54 Å². The Morgan fingerprint density at radius 3 is 2.42 bits per heavy atom. The predicted molar refractivity (Wildman–Crippen MR) is 194 cm³/mol. The van der Waals surface area contributed by atoms with Crippen molar-refractivity contribution in [2.24, 2.45) is 4.99 Å². The molecule has 0 amide bonds. The minimum absolute atomic E-state index is 0.0732. The van der Waals surface area contributed by atoms with Gasteiger partial charge in [-0.3, -0.25) is 19.3 Å². The van der Waals surface area contributed by atoms with Crippen LogP contribution in [0.5, 0.6) is 0 Å². The van der Waals surface area contributed by atoms with E-state index in [2.05, 4.69) is 102 Å². The third-order valence-corrected chi connectivity index (χ3v) is 10.2. The van der Waals surface area contributed by atoms with Crippen LogP contribution < -0.4 is 11.2 Å². The summed E-state index contributed by atoms with van der Waals surface area (Å²) in [4.78, 5) is 32.6. The number of hydrogen-bond donors (Lipinski definition) is 2. The number of H-pyrrole nitrogens is 1. The molecule has 0 saturated carbocycles. The number of aromatic nitrogens is 2. The normalized spacial score (nSPS) is 19.1. The van der Waals surface area contributed by atoms with Gasteiger partial charge in [0.1, 0.15) is 11.8 Å². The molecule has 1 aliphatic rings. The second-order valence-corrected chi connectivity index (χ2v) is 13.3. The Kier molecular flexibility index (Phi) is 10.4. The predicted octanol–water partition coefficient (Wildman–Crippen LogP) is 6.55. The van der Waals surface area contributed by atoms with E-state index in [1.54, 1.807) is 0 Å². The SMILES string of the molecule is [2H]C[C@H]1O[C@@H](n2cc(C#Cc3ccc4ccc5cccc6ccc3c4c56)c(=O)[nH]c2=O)C[C@H]1OP(OC=NCC)N(C(C)C)C(C)C.[3H]OC. The molecule has 1 aliphatic heterocycles. The largest absolute Gasteiger partial charge is 0.425 e. The van der Waals surface area contributed by atoms with E-state index < -0.39 is 38.2 Å². The lowest BCUT2D eigenvalue weighted by Gasteiger charge is -2.36. The molecule has 5 aromatic rings. The van der Waals surface area contributed by atoms with Crippen molar-refractivity contribution < 1.29 is 20.3 Å². The summed E-state index contributed by atoms with van der Waals surface area (Å²) in [5, 5.41) is 10.3. The summed E-state index contributed by atoms with van der Waals surface area (Å²) in [5.74, 6) is 6.21. The van der Waals surface area contributed by atoms with Gasteiger partial charge in [-0.05, 0) is 79.9 Å². The highest BCUT2D eigenvalue weighted by Gasteiger charge is 2.40. The van der Waals surface area contributed by atoms with E-state index >= 15 is 0 Å². The molecule has 2 heterocycles. The minimum Gasteiger partial charge on any atom is -0.425 e. The van der Waals surface area contributed by atoms with Crippen molar-refractivity contribution in [2.45, 2.75) is 78.5 Å². The number of nitrogens with zero attached hydrogens (tertiary/aromatic N) is 3. The highest BCUT2D eigenvalue weighted by molar-refractivity contribution is 7.45. The fraction of sp³-hybridized carbons (Fsp3) is 0.378. The van der Waals surface area contributed by atoms with E-state index in [1.807, 2.05) is 19.1 Å². The topological polar surface area (TPSA) is 118 Å². The van der Waals surface area contributed by atoms with Gasteiger partial charge in [0, 0.05) is 45.3 Å². The quantitative estimate of drug-likeness (QED) is 0.0600. The average molecular weight is 674 g/mol. The smallest absolute Gasteiger partial charge is 0.330 e. The summed E-state index contributed by atoms with van der Waals surface area (Å²) in [6, 6.07) is 18.9. The maximum Gasteiger partial charge on any atom is 0.330 e. The van der Waals surface area contributed by atoms with Gasteiger partial charge in [-0.25, -0.2) is 9.46 Å². The molecule has 2 N–H and O–H groups in total. The molecule has 1 unspecified atom stereocenters. The Morgan fingerprint density at radius 2 is 1.75 bits per heavy atom. The lowest BCUT2D eigenvalue weighted by atomic mass is 9.92. The summed E-state index contributed by atoms with van der Waals surface area (Å²) in [7, 11) is -0.282. The summed E-state index contributed by atoms with van der Waals surface area (Å²) >= 11 is 0. The van der Waals surface area contributed by atoms with Gasteiger partial charge in [-0.15, -0.1) is 0 Å². The summed E-state index contributed by atoms with van der Waals surface area (Å²) in [5.41, 5.74) is -0.265. The number of aromatic amines is 1. The Hall–Kier alpha value is -4.10. The second kappa shape index (κ2) is 15.4. The maximum absolute atomic E-state index is 13.1. The molecule has 4 aromatic carbocycles. The van der Waals surface area contributed by atoms with Gasteiger partial charge < -0.3 is 18.9 Å². The lowest BCUT2D eigenvalue weighted by Crippen LogP contribution is -2.35. The zero-order valence-electron chi connectivity index (χ0n) is 30.1. The van der Waals surface area contributed by atoms with Gasteiger partial charge in [0.15, 0.2) is 6.40 Å². The first kappa shape index (κ1) is 32.4. The van der Waals surface area contributed by atoms with Crippen molar-refractivity contribution in [1.29, 1.82) is 1.43 Å². The van der Waals surface area contributed by atoms with Crippen LogP contribution in [0.25, 0.3) is 32.3 Å². The van der Waals surface area contributed by atoms with Crippen molar-refractivity contribution in [2.75, 3.05) is 13.7 Å². The molecule has 11 heteroatoms. The van der Waals surface area contributed by atoms with Gasteiger partial charge in [0.2, 0.25) is 1.43 Å². The number of aliphatic imine (C=N–C) groups is 1. The molecule has 0 radical (unpaired) electrons. The molecular weight excluding hydrogens is 627 g/mol. The van der Waals surface area contributed by atoms with Crippen molar-refractivity contribution in [1.82, 2.24) is 14.2 Å². The van der Waals surface area contributed by atoms with Crippen molar-refractivity contribution in [3.8, 4) is 11.8 Å². The minimum atomic E-state index is -1.57. The Bertz CT molecular complexity index is 2100. The molecule has 0 bridgehead atoms. The number of aliphatic hydroxyl groups is 1. The van der Waals surface area contributed by atoms with Crippen LogP contribution in [0.3, 0.4) is 0 Å². The van der Waals surface area contributed by atoms with Crippen LogP contribution in [-0.4, -0.2) is 65.1 Å². The number of ether oxygens (including phenoxy) is 1. The molecule has 1 saturated heterocycles. The molecular formula is C37H43N4O6P. The zero-order valence-corrected chi connectivity index (χ0v) is 29.0. The van der Waals surface area contributed by atoms with E-state index in [9.17, 15) is 9.59 Å². The highest BCUT2D eigenvalue weighted by atomic mass is 31.2.